The number of aromatic nitrogens is 1. The third-order valence-corrected chi connectivity index (χ3v) is 2.56. The summed E-state index contributed by atoms with van der Waals surface area (Å²) >= 11 is 0. The second kappa shape index (κ2) is 3.36. The zero-order valence-corrected chi connectivity index (χ0v) is 7.90. The van der Waals surface area contributed by atoms with E-state index in [2.05, 4.69) is 4.98 Å². The molecule has 2 heterocycles. The molecule has 0 aromatic carbocycles. The first kappa shape index (κ1) is 9.12. The Hall–Kier alpha value is -1.45. The molecule has 3 nitrogen and oxygen atoms in total. The molecule has 1 atom stereocenters. The minimum absolute atomic E-state index is 0.0607. The smallest absolute Gasteiger partial charge is 0.219 e. The largest absolute Gasteiger partial charge is 0.336 e. The number of hydrogen-bond acceptors (Lipinski definition) is 2. The fourth-order valence-electron chi connectivity index (χ4n) is 1.70. The molecule has 1 amide bonds. The lowest BCUT2D eigenvalue weighted by atomic mass is 9.96. The third kappa shape index (κ3) is 1.47. The van der Waals surface area contributed by atoms with E-state index in [1.165, 1.54) is 12.3 Å². The van der Waals surface area contributed by atoms with Gasteiger partial charge in [-0.2, -0.15) is 4.39 Å². The lowest BCUT2D eigenvalue weighted by Crippen LogP contribution is -2.43. The summed E-state index contributed by atoms with van der Waals surface area (Å²) in [5.41, 5.74) is 0.910. The number of carbonyl (C=O) groups excluding carboxylic acids is 1. The van der Waals surface area contributed by atoms with Crippen molar-refractivity contribution in [3.63, 3.8) is 0 Å². The number of nitrogens with zero attached hydrogens (tertiary/aromatic N) is 2. The SMILES string of the molecule is CC(=O)N1CCC1c1ccc(F)nc1. The molecule has 1 unspecified atom stereocenters. The second-order valence-corrected chi connectivity index (χ2v) is 3.43. The molecule has 0 spiro atoms. The Labute approximate surface area is 81.6 Å². The Morgan fingerprint density at radius 2 is 2.43 bits per heavy atom. The van der Waals surface area contributed by atoms with Gasteiger partial charge in [-0.15, -0.1) is 0 Å². The summed E-state index contributed by atoms with van der Waals surface area (Å²) in [6.07, 6.45) is 2.43. The van der Waals surface area contributed by atoms with Crippen LogP contribution >= 0.6 is 0 Å². The van der Waals surface area contributed by atoms with Crippen LogP contribution in [-0.4, -0.2) is 22.3 Å². The maximum Gasteiger partial charge on any atom is 0.219 e. The number of amides is 1. The molecule has 0 saturated carbocycles. The molecule has 1 saturated heterocycles. The van der Waals surface area contributed by atoms with Crippen molar-refractivity contribution >= 4 is 5.91 Å². The summed E-state index contributed by atoms with van der Waals surface area (Å²) in [5.74, 6) is -0.423. The van der Waals surface area contributed by atoms with Gasteiger partial charge in [0.15, 0.2) is 0 Å². The maximum atomic E-state index is 12.5. The highest BCUT2D eigenvalue weighted by molar-refractivity contribution is 5.74. The monoisotopic (exact) mass is 194 g/mol. The highest BCUT2D eigenvalue weighted by Gasteiger charge is 2.31. The fourth-order valence-corrected chi connectivity index (χ4v) is 1.70. The Kier molecular flexibility index (Phi) is 2.19. The van der Waals surface area contributed by atoms with Crippen LogP contribution in [0.1, 0.15) is 24.9 Å². The summed E-state index contributed by atoms with van der Waals surface area (Å²) in [5, 5.41) is 0. The van der Waals surface area contributed by atoms with Crippen LogP contribution in [0.4, 0.5) is 4.39 Å². The molecule has 1 aromatic rings. The van der Waals surface area contributed by atoms with Crippen LogP contribution in [0, 0.1) is 5.95 Å². The van der Waals surface area contributed by atoms with Crippen LogP contribution in [0.15, 0.2) is 18.3 Å². The lowest BCUT2D eigenvalue weighted by molar-refractivity contribution is -0.136. The van der Waals surface area contributed by atoms with Crippen molar-refractivity contribution in [2.45, 2.75) is 19.4 Å². The van der Waals surface area contributed by atoms with E-state index >= 15 is 0 Å². The van der Waals surface area contributed by atoms with Gasteiger partial charge in [0, 0.05) is 19.7 Å². The number of carbonyl (C=O) groups is 1. The van der Waals surface area contributed by atoms with Crippen LogP contribution in [0.5, 0.6) is 0 Å². The van der Waals surface area contributed by atoms with Gasteiger partial charge in [0.05, 0.1) is 6.04 Å². The number of likely N-dealkylation sites (tertiary alicyclic amines) is 1. The maximum absolute atomic E-state index is 12.5. The van der Waals surface area contributed by atoms with Gasteiger partial charge in [0.1, 0.15) is 0 Å². The van der Waals surface area contributed by atoms with Gasteiger partial charge in [0.25, 0.3) is 0 Å². The third-order valence-electron chi connectivity index (χ3n) is 2.56. The van der Waals surface area contributed by atoms with Gasteiger partial charge in [0.2, 0.25) is 11.9 Å². The second-order valence-electron chi connectivity index (χ2n) is 3.43. The van der Waals surface area contributed by atoms with Gasteiger partial charge in [-0.1, -0.05) is 6.07 Å². The molecule has 1 aliphatic heterocycles. The van der Waals surface area contributed by atoms with Crippen molar-refractivity contribution in [3.8, 4) is 0 Å². The number of hydrogen-bond donors (Lipinski definition) is 0. The molecular weight excluding hydrogens is 183 g/mol. The predicted molar refractivity (Wildman–Crippen MR) is 48.9 cm³/mol. The molecule has 2 rings (SSSR count). The molecule has 1 fully saturated rings. The van der Waals surface area contributed by atoms with Gasteiger partial charge < -0.3 is 4.90 Å². The number of rotatable bonds is 1. The summed E-state index contributed by atoms with van der Waals surface area (Å²) < 4.78 is 12.5. The van der Waals surface area contributed by atoms with Crippen molar-refractivity contribution in [2.24, 2.45) is 0 Å². The lowest BCUT2D eigenvalue weighted by Gasteiger charge is -2.40. The van der Waals surface area contributed by atoms with E-state index in [1.807, 2.05) is 0 Å². The molecule has 4 heteroatoms. The van der Waals surface area contributed by atoms with E-state index in [1.54, 1.807) is 17.9 Å². The van der Waals surface area contributed by atoms with E-state index in [9.17, 15) is 9.18 Å². The van der Waals surface area contributed by atoms with Crippen LogP contribution in [0.3, 0.4) is 0 Å². The van der Waals surface area contributed by atoms with E-state index in [-0.39, 0.29) is 11.9 Å². The Morgan fingerprint density at radius 1 is 1.64 bits per heavy atom. The molecule has 1 aliphatic rings. The van der Waals surface area contributed by atoms with Crippen LogP contribution in [0.25, 0.3) is 0 Å². The van der Waals surface area contributed by atoms with Crippen LogP contribution in [0.2, 0.25) is 0 Å². The van der Waals surface area contributed by atoms with E-state index in [0.717, 1.165) is 18.5 Å². The van der Waals surface area contributed by atoms with Crippen molar-refractivity contribution in [1.82, 2.24) is 9.88 Å². The normalized spacial score (nSPS) is 20.4. The number of halogens is 1. The summed E-state index contributed by atoms with van der Waals surface area (Å²) in [4.78, 5) is 16.4. The number of pyridine rings is 1. The van der Waals surface area contributed by atoms with Crippen molar-refractivity contribution in [2.75, 3.05) is 6.54 Å². The first-order valence-electron chi connectivity index (χ1n) is 4.57. The summed E-state index contributed by atoms with van der Waals surface area (Å²) in [6.45, 7) is 2.33. The topological polar surface area (TPSA) is 33.2 Å². The first-order valence-corrected chi connectivity index (χ1v) is 4.57. The van der Waals surface area contributed by atoms with Gasteiger partial charge >= 0.3 is 0 Å². The van der Waals surface area contributed by atoms with Crippen molar-refractivity contribution in [3.05, 3.63) is 29.8 Å². The molecule has 1 aromatic heterocycles. The zero-order chi connectivity index (χ0) is 10.1. The fraction of sp³-hybridized carbons (Fsp3) is 0.400. The van der Waals surface area contributed by atoms with Gasteiger partial charge in [-0.3, -0.25) is 4.79 Å². The Morgan fingerprint density at radius 3 is 2.86 bits per heavy atom. The van der Waals surface area contributed by atoms with Gasteiger partial charge in [-0.05, 0) is 18.1 Å². The van der Waals surface area contributed by atoms with Crippen LogP contribution in [-0.2, 0) is 4.79 Å². The molecule has 0 bridgehead atoms. The molecular formula is C10H11FN2O. The average molecular weight is 194 g/mol. The predicted octanol–water partition coefficient (Wildman–Crippen LogP) is 1.51. The van der Waals surface area contributed by atoms with Crippen molar-refractivity contribution < 1.29 is 9.18 Å². The minimum atomic E-state index is -0.484. The highest BCUT2D eigenvalue weighted by Crippen LogP contribution is 2.32. The Balaban J connectivity index is 2.16. The van der Waals surface area contributed by atoms with Gasteiger partial charge in [-0.25, -0.2) is 4.98 Å². The Bertz CT molecular complexity index is 350. The summed E-state index contributed by atoms with van der Waals surface area (Å²) in [6, 6.07) is 3.11. The van der Waals surface area contributed by atoms with Crippen molar-refractivity contribution in [1.29, 1.82) is 0 Å². The highest BCUT2D eigenvalue weighted by atomic mass is 19.1. The molecule has 0 N–H and O–H groups in total. The summed E-state index contributed by atoms with van der Waals surface area (Å²) in [7, 11) is 0. The quantitative estimate of drug-likeness (QED) is 0.635. The molecule has 0 aliphatic carbocycles. The van der Waals surface area contributed by atoms with E-state index in [4.69, 9.17) is 0 Å². The minimum Gasteiger partial charge on any atom is -0.336 e. The zero-order valence-electron chi connectivity index (χ0n) is 7.90. The average Bonchev–Trinajstić information content (AvgIpc) is 2.05. The van der Waals surface area contributed by atoms with Crippen LogP contribution < -0.4 is 0 Å². The molecule has 14 heavy (non-hydrogen) atoms. The first-order chi connectivity index (χ1) is 6.68. The standard InChI is InChI=1S/C10H11FN2O/c1-7(14)13-5-4-9(13)8-2-3-10(11)12-6-8/h2-3,6,9H,4-5H2,1H3. The molecule has 74 valence electrons. The van der Waals surface area contributed by atoms with E-state index in [0.29, 0.717) is 0 Å². The van der Waals surface area contributed by atoms with E-state index < -0.39 is 5.95 Å². The molecule has 0 radical (unpaired) electrons.